The van der Waals surface area contributed by atoms with Gasteiger partial charge in [-0.25, -0.2) is 0 Å². The van der Waals surface area contributed by atoms with Crippen LogP contribution in [0.2, 0.25) is 0 Å². The summed E-state index contributed by atoms with van der Waals surface area (Å²) < 4.78 is 0. The third kappa shape index (κ3) is 4.85. The lowest BCUT2D eigenvalue weighted by Gasteiger charge is -2.31. The Labute approximate surface area is 99.6 Å². The van der Waals surface area contributed by atoms with Gasteiger partial charge in [0.15, 0.2) is 0 Å². The second-order valence-electron chi connectivity index (χ2n) is 3.81. The molecule has 1 rings (SSSR count). The van der Waals surface area contributed by atoms with Crippen molar-refractivity contribution in [3.05, 3.63) is 0 Å². The summed E-state index contributed by atoms with van der Waals surface area (Å²) in [5.74, 6) is -0.164. The van der Waals surface area contributed by atoms with Gasteiger partial charge < -0.3 is 10.4 Å². The summed E-state index contributed by atoms with van der Waals surface area (Å²) in [5.41, 5.74) is 0. The minimum absolute atomic E-state index is 0.204. The molecule has 0 saturated carbocycles. The lowest BCUT2D eigenvalue weighted by molar-refractivity contribution is -0.138. The van der Waals surface area contributed by atoms with Gasteiger partial charge in [-0.3, -0.25) is 14.5 Å². The molecule has 0 aromatic rings. The molecule has 0 spiro atoms. The standard InChI is InChI=1S/C10H18N2O3S/c1-2-8-6-12(3-4-16-8)7-9(13)11-5-10(14)15/h8H,2-7H2,1H3,(H,11,13)(H,14,15). The third-order valence-electron chi connectivity index (χ3n) is 2.48. The number of carbonyl (C=O) groups is 2. The lowest BCUT2D eigenvalue weighted by atomic mass is 10.3. The van der Waals surface area contributed by atoms with Crippen molar-refractivity contribution in [3.63, 3.8) is 0 Å². The maximum Gasteiger partial charge on any atom is 0.322 e. The van der Waals surface area contributed by atoms with E-state index in [0.717, 1.165) is 25.3 Å². The lowest BCUT2D eigenvalue weighted by Crippen LogP contribution is -2.44. The monoisotopic (exact) mass is 246 g/mol. The molecule has 6 heteroatoms. The number of nitrogens with one attached hydrogen (secondary N) is 1. The second-order valence-corrected chi connectivity index (χ2v) is 5.21. The van der Waals surface area contributed by atoms with Gasteiger partial charge in [-0.15, -0.1) is 0 Å². The van der Waals surface area contributed by atoms with E-state index in [1.165, 1.54) is 0 Å². The zero-order valence-corrected chi connectivity index (χ0v) is 10.3. The molecule has 1 aliphatic heterocycles. The molecular weight excluding hydrogens is 228 g/mol. The maximum atomic E-state index is 11.4. The minimum atomic E-state index is -1.01. The number of hydrogen-bond acceptors (Lipinski definition) is 4. The summed E-state index contributed by atoms with van der Waals surface area (Å²) in [6, 6.07) is 0. The van der Waals surface area contributed by atoms with Gasteiger partial charge in [-0.1, -0.05) is 6.92 Å². The highest BCUT2D eigenvalue weighted by Gasteiger charge is 2.20. The highest BCUT2D eigenvalue weighted by molar-refractivity contribution is 8.00. The largest absolute Gasteiger partial charge is 0.480 e. The molecule has 0 aromatic heterocycles. The van der Waals surface area contributed by atoms with Gasteiger partial charge in [0.1, 0.15) is 6.54 Å². The van der Waals surface area contributed by atoms with Gasteiger partial charge in [0.25, 0.3) is 0 Å². The summed E-state index contributed by atoms with van der Waals surface area (Å²) in [4.78, 5) is 23.7. The molecule has 0 bridgehead atoms. The number of aliphatic carboxylic acids is 1. The molecule has 16 heavy (non-hydrogen) atoms. The number of carboxylic acids is 1. The fraction of sp³-hybridized carbons (Fsp3) is 0.800. The van der Waals surface area contributed by atoms with E-state index < -0.39 is 5.97 Å². The molecule has 1 fully saturated rings. The van der Waals surface area contributed by atoms with Crippen molar-refractivity contribution in [2.24, 2.45) is 0 Å². The molecule has 92 valence electrons. The van der Waals surface area contributed by atoms with Crippen LogP contribution in [0.4, 0.5) is 0 Å². The summed E-state index contributed by atoms with van der Waals surface area (Å²) in [5, 5.41) is 11.4. The molecule has 5 nitrogen and oxygen atoms in total. The molecule has 1 unspecified atom stereocenters. The third-order valence-corrected chi connectivity index (χ3v) is 3.85. The molecular formula is C10H18N2O3S. The van der Waals surface area contributed by atoms with Crippen LogP contribution >= 0.6 is 11.8 Å². The van der Waals surface area contributed by atoms with Crippen LogP contribution in [0.15, 0.2) is 0 Å². The average molecular weight is 246 g/mol. The van der Waals surface area contributed by atoms with Crippen molar-refractivity contribution in [2.45, 2.75) is 18.6 Å². The first-order valence-corrected chi connectivity index (χ1v) is 6.49. The van der Waals surface area contributed by atoms with E-state index in [9.17, 15) is 9.59 Å². The van der Waals surface area contributed by atoms with Crippen LogP contribution in [0.5, 0.6) is 0 Å². The Kier molecular flexibility index (Phi) is 5.62. The summed E-state index contributed by atoms with van der Waals surface area (Å²) >= 11 is 1.94. The van der Waals surface area contributed by atoms with Crippen LogP contribution < -0.4 is 5.32 Å². The first-order valence-electron chi connectivity index (χ1n) is 5.44. The number of carboxylic acid groups (broad SMARTS) is 1. The Balaban J connectivity index is 2.25. The van der Waals surface area contributed by atoms with Gasteiger partial charge in [-0.2, -0.15) is 11.8 Å². The molecule has 1 atom stereocenters. The van der Waals surface area contributed by atoms with Crippen molar-refractivity contribution in [1.29, 1.82) is 0 Å². The van der Waals surface area contributed by atoms with E-state index in [1.807, 2.05) is 11.8 Å². The van der Waals surface area contributed by atoms with E-state index in [-0.39, 0.29) is 12.5 Å². The van der Waals surface area contributed by atoms with Crippen molar-refractivity contribution >= 4 is 23.6 Å². The summed E-state index contributed by atoms with van der Waals surface area (Å²) in [6.07, 6.45) is 1.11. The minimum Gasteiger partial charge on any atom is -0.480 e. The Bertz CT molecular complexity index is 260. The van der Waals surface area contributed by atoms with Crippen LogP contribution in [-0.2, 0) is 9.59 Å². The molecule has 0 aromatic carbocycles. The molecule has 1 heterocycles. The number of carbonyl (C=O) groups excluding carboxylic acids is 1. The first kappa shape index (κ1) is 13.3. The van der Waals surface area contributed by atoms with Crippen LogP contribution in [0, 0.1) is 0 Å². The zero-order chi connectivity index (χ0) is 12.0. The zero-order valence-electron chi connectivity index (χ0n) is 9.44. The van der Waals surface area contributed by atoms with E-state index >= 15 is 0 Å². The fourth-order valence-electron chi connectivity index (χ4n) is 1.60. The number of nitrogens with zero attached hydrogens (tertiary/aromatic N) is 1. The van der Waals surface area contributed by atoms with Gasteiger partial charge in [0.05, 0.1) is 6.54 Å². The smallest absolute Gasteiger partial charge is 0.322 e. The van der Waals surface area contributed by atoms with Crippen molar-refractivity contribution in [1.82, 2.24) is 10.2 Å². The Morgan fingerprint density at radius 2 is 2.31 bits per heavy atom. The fourth-order valence-corrected chi connectivity index (χ4v) is 2.85. The normalized spacial score (nSPS) is 21.7. The molecule has 1 amide bonds. The molecule has 0 radical (unpaired) electrons. The quantitative estimate of drug-likeness (QED) is 0.715. The number of rotatable bonds is 5. The average Bonchev–Trinajstić information content (AvgIpc) is 2.26. The van der Waals surface area contributed by atoms with E-state index in [4.69, 9.17) is 5.11 Å². The number of amides is 1. The van der Waals surface area contributed by atoms with Gasteiger partial charge in [-0.05, 0) is 6.42 Å². The van der Waals surface area contributed by atoms with Crippen molar-refractivity contribution in [3.8, 4) is 0 Å². The van der Waals surface area contributed by atoms with Crippen LogP contribution in [-0.4, -0.2) is 59.1 Å². The number of thioether (sulfide) groups is 1. The first-order chi connectivity index (χ1) is 7.61. The molecule has 1 saturated heterocycles. The van der Waals surface area contributed by atoms with Gasteiger partial charge >= 0.3 is 5.97 Å². The molecule has 2 N–H and O–H groups in total. The summed E-state index contributed by atoms with van der Waals surface area (Å²) in [7, 11) is 0. The topological polar surface area (TPSA) is 69.6 Å². The van der Waals surface area contributed by atoms with Crippen molar-refractivity contribution in [2.75, 3.05) is 31.9 Å². The van der Waals surface area contributed by atoms with E-state index in [1.54, 1.807) is 0 Å². The van der Waals surface area contributed by atoms with Crippen LogP contribution in [0.3, 0.4) is 0 Å². The molecule has 1 aliphatic rings. The predicted molar refractivity (Wildman–Crippen MR) is 63.6 cm³/mol. The van der Waals surface area contributed by atoms with Crippen LogP contribution in [0.1, 0.15) is 13.3 Å². The predicted octanol–water partition coefficient (Wildman–Crippen LogP) is 0.0146. The SMILES string of the molecule is CCC1CN(CC(=O)NCC(=O)O)CCS1. The maximum absolute atomic E-state index is 11.4. The van der Waals surface area contributed by atoms with E-state index in [0.29, 0.717) is 11.8 Å². The molecule has 0 aliphatic carbocycles. The highest BCUT2D eigenvalue weighted by atomic mass is 32.2. The van der Waals surface area contributed by atoms with E-state index in [2.05, 4.69) is 17.1 Å². The number of hydrogen-bond donors (Lipinski definition) is 2. The second kappa shape index (κ2) is 6.75. The highest BCUT2D eigenvalue weighted by Crippen LogP contribution is 2.20. The van der Waals surface area contributed by atoms with Crippen molar-refractivity contribution < 1.29 is 14.7 Å². The van der Waals surface area contributed by atoms with Gasteiger partial charge in [0, 0.05) is 24.1 Å². The Morgan fingerprint density at radius 1 is 1.56 bits per heavy atom. The Morgan fingerprint density at radius 3 is 2.94 bits per heavy atom. The summed E-state index contributed by atoms with van der Waals surface area (Å²) in [6.45, 7) is 3.98. The van der Waals surface area contributed by atoms with Crippen LogP contribution in [0.25, 0.3) is 0 Å². The Hall–Kier alpha value is -0.750. The van der Waals surface area contributed by atoms with Gasteiger partial charge in [0.2, 0.25) is 5.91 Å².